The van der Waals surface area contributed by atoms with Gasteiger partial charge in [0, 0.05) is 21.7 Å². The zero-order valence-electron chi connectivity index (χ0n) is 19.3. The van der Waals surface area contributed by atoms with Crippen molar-refractivity contribution in [2.24, 2.45) is 4.99 Å². The second-order valence-electron chi connectivity index (χ2n) is 8.03. The first kappa shape index (κ1) is 24.3. The number of furan rings is 1. The van der Waals surface area contributed by atoms with Crippen LogP contribution in [0.1, 0.15) is 31.2 Å². The van der Waals surface area contributed by atoms with E-state index in [9.17, 15) is 9.59 Å². The Bertz CT molecular complexity index is 1680. The summed E-state index contributed by atoms with van der Waals surface area (Å²) in [5, 5.41) is 1.07. The maximum absolute atomic E-state index is 13.7. The van der Waals surface area contributed by atoms with Crippen molar-refractivity contribution in [1.29, 1.82) is 0 Å². The Hall–Kier alpha value is -3.39. The number of carbonyl (C=O) groups is 1. The fraction of sp³-hybridized carbons (Fsp3) is 0.148. The van der Waals surface area contributed by atoms with Crippen molar-refractivity contribution in [3.05, 3.63) is 113 Å². The quantitative estimate of drug-likeness (QED) is 0.320. The van der Waals surface area contributed by atoms with Gasteiger partial charge in [-0.15, -0.1) is 0 Å². The summed E-state index contributed by atoms with van der Waals surface area (Å²) in [6, 6.07) is 17.3. The molecule has 5 rings (SSSR count). The predicted octanol–water partition coefficient (Wildman–Crippen LogP) is 5.37. The molecule has 1 aliphatic heterocycles. The molecule has 1 atom stereocenters. The Balaban J connectivity index is 1.65. The first-order chi connectivity index (χ1) is 17.4. The van der Waals surface area contributed by atoms with Crippen LogP contribution in [0.5, 0.6) is 0 Å². The van der Waals surface area contributed by atoms with Crippen molar-refractivity contribution in [2.45, 2.75) is 19.9 Å². The minimum atomic E-state index is -0.766. The highest BCUT2D eigenvalue weighted by Gasteiger charge is 2.34. The molecule has 0 saturated carbocycles. The Morgan fingerprint density at radius 2 is 1.89 bits per heavy atom. The van der Waals surface area contributed by atoms with Crippen LogP contribution in [0, 0.1) is 0 Å². The number of carbonyl (C=O) groups excluding carboxylic acids is 1. The van der Waals surface area contributed by atoms with Crippen LogP contribution in [0.2, 0.25) is 10.0 Å². The van der Waals surface area contributed by atoms with E-state index in [1.807, 2.05) is 24.3 Å². The summed E-state index contributed by atoms with van der Waals surface area (Å²) < 4.78 is 13.2. The maximum Gasteiger partial charge on any atom is 0.338 e. The van der Waals surface area contributed by atoms with Gasteiger partial charge in [-0.05, 0) is 61.9 Å². The zero-order valence-corrected chi connectivity index (χ0v) is 21.7. The molecule has 2 aromatic carbocycles. The fourth-order valence-electron chi connectivity index (χ4n) is 4.11. The molecule has 36 heavy (non-hydrogen) atoms. The number of hydrogen-bond donors (Lipinski definition) is 0. The summed E-state index contributed by atoms with van der Waals surface area (Å²) in [5.74, 6) is 0.637. The fourth-order valence-corrected chi connectivity index (χ4v) is 5.50. The monoisotopic (exact) mass is 538 g/mol. The number of thiazole rings is 1. The minimum Gasteiger partial charge on any atom is -0.463 e. The predicted molar refractivity (Wildman–Crippen MR) is 141 cm³/mol. The summed E-state index contributed by atoms with van der Waals surface area (Å²) in [7, 11) is 0. The van der Waals surface area contributed by atoms with E-state index in [1.54, 1.807) is 56.3 Å². The SMILES string of the molecule is CCOC(=O)C1=C(C)N=c2s/c(=C\c3ccc(-c4ccc(Cl)cc4)o3)c(=O)n2[C@H]1c1ccccc1Cl. The molecular formula is C27H20Cl2N2O4S. The van der Waals surface area contributed by atoms with Gasteiger partial charge in [-0.2, -0.15) is 0 Å². The highest BCUT2D eigenvalue weighted by molar-refractivity contribution is 7.07. The first-order valence-electron chi connectivity index (χ1n) is 11.2. The van der Waals surface area contributed by atoms with Crippen LogP contribution in [-0.4, -0.2) is 17.1 Å². The molecule has 4 aromatic rings. The van der Waals surface area contributed by atoms with Crippen molar-refractivity contribution < 1.29 is 13.9 Å². The van der Waals surface area contributed by atoms with Crippen LogP contribution < -0.4 is 14.9 Å². The molecule has 0 N–H and O–H groups in total. The van der Waals surface area contributed by atoms with E-state index >= 15 is 0 Å². The molecular weight excluding hydrogens is 519 g/mol. The second kappa shape index (κ2) is 9.93. The summed E-state index contributed by atoms with van der Waals surface area (Å²) >= 11 is 13.7. The van der Waals surface area contributed by atoms with Crippen LogP contribution in [-0.2, 0) is 9.53 Å². The molecule has 0 unspecified atom stereocenters. The van der Waals surface area contributed by atoms with Crippen LogP contribution in [0.3, 0.4) is 0 Å². The lowest BCUT2D eigenvalue weighted by molar-refractivity contribution is -0.139. The minimum absolute atomic E-state index is 0.198. The number of ether oxygens (including phenoxy) is 1. The Kier molecular flexibility index (Phi) is 6.71. The molecule has 182 valence electrons. The van der Waals surface area contributed by atoms with E-state index < -0.39 is 12.0 Å². The number of hydrogen-bond acceptors (Lipinski definition) is 6. The van der Waals surface area contributed by atoms with Gasteiger partial charge in [-0.1, -0.05) is 52.7 Å². The topological polar surface area (TPSA) is 73.8 Å². The first-order valence-corrected chi connectivity index (χ1v) is 12.7. The van der Waals surface area contributed by atoms with Gasteiger partial charge < -0.3 is 9.15 Å². The van der Waals surface area contributed by atoms with Gasteiger partial charge in [0.05, 0.1) is 22.4 Å². The summed E-state index contributed by atoms with van der Waals surface area (Å²) in [6.45, 7) is 3.66. The number of benzene rings is 2. The van der Waals surface area contributed by atoms with Crippen molar-refractivity contribution in [2.75, 3.05) is 6.61 Å². The van der Waals surface area contributed by atoms with Crippen LogP contribution in [0.4, 0.5) is 0 Å². The largest absolute Gasteiger partial charge is 0.463 e. The third kappa shape index (κ3) is 4.46. The van der Waals surface area contributed by atoms with Gasteiger partial charge in [-0.3, -0.25) is 9.36 Å². The van der Waals surface area contributed by atoms with Crippen LogP contribution in [0.15, 0.2) is 86.1 Å². The number of allylic oxidation sites excluding steroid dienone is 1. The lowest BCUT2D eigenvalue weighted by Gasteiger charge is -2.25. The Morgan fingerprint density at radius 3 is 2.61 bits per heavy atom. The average molecular weight is 539 g/mol. The standard InChI is InChI=1S/C27H20Cl2N2O4S/c1-3-34-26(33)23-15(2)30-27-31(24(23)19-6-4-5-7-20(19)29)25(32)22(36-27)14-18-12-13-21(35-18)16-8-10-17(28)11-9-16/h4-14,24H,3H2,1-2H3/b22-14-/t24-/m0/s1. The number of esters is 1. The van der Waals surface area contributed by atoms with Crippen LogP contribution in [0.25, 0.3) is 17.4 Å². The van der Waals surface area contributed by atoms with Crippen molar-refractivity contribution in [1.82, 2.24) is 4.57 Å². The lowest BCUT2D eigenvalue weighted by atomic mass is 9.96. The third-order valence-corrected chi connectivity index (χ3v) is 7.32. The number of aromatic nitrogens is 1. The summed E-state index contributed by atoms with van der Waals surface area (Å²) in [4.78, 5) is 31.7. The summed E-state index contributed by atoms with van der Waals surface area (Å²) in [6.07, 6.45) is 1.68. The van der Waals surface area contributed by atoms with Gasteiger partial charge in [0.15, 0.2) is 4.80 Å². The lowest BCUT2D eigenvalue weighted by Crippen LogP contribution is -2.40. The molecule has 0 amide bonds. The van der Waals surface area contributed by atoms with Gasteiger partial charge in [0.2, 0.25) is 0 Å². The van der Waals surface area contributed by atoms with E-state index in [1.165, 1.54) is 15.9 Å². The highest BCUT2D eigenvalue weighted by Crippen LogP contribution is 2.34. The molecule has 6 nitrogen and oxygen atoms in total. The Morgan fingerprint density at radius 1 is 1.14 bits per heavy atom. The van der Waals surface area contributed by atoms with Gasteiger partial charge in [-0.25, -0.2) is 9.79 Å². The molecule has 9 heteroatoms. The smallest absolute Gasteiger partial charge is 0.338 e. The Labute approximate surface area is 220 Å². The van der Waals surface area contributed by atoms with E-state index in [0.717, 1.165) is 5.56 Å². The normalized spacial score (nSPS) is 15.6. The average Bonchev–Trinajstić information content (AvgIpc) is 3.44. The van der Waals surface area contributed by atoms with Gasteiger partial charge in [0.25, 0.3) is 5.56 Å². The molecule has 2 aromatic heterocycles. The zero-order chi connectivity index (χ0) is 25.4. The highest BCUT2D eigenvalue weighted by atomic mass is 35.5. The maximum atomic E-state index is 13.7. The van der Waals surface area contributed by atoms with E-state index in [4.69, 9.17) is 32.4 Å². The van der Waals surface area contributed by atoms with Crippen LogP contribution >= 0.6 is 34.5 Å². The number of rotatable bonds is 5. The molecule has 0 spiro atoms. The van der Waals surface area contributed by atoms with E-state index in [-0.39, 0.29) is 17.7 Å². The molecule has 0 bridgehead atoms. The number of halogens is 2. The number of fused-ring (bicyclic) bond motifs is 1. The third-order valence-electron chi connectivity index (χ3n) is 5.75. The van der Waals surface area contributed by atoms with Crippen molar-refractivity contribution >= 4 is 46.6 Å². The van der Waals surface area contributed by atoms with E-state index in [0.29, 0.717) is 42.2 Å². The molecule has 0 saturated heterocycles. The molecule has 3 heterocycles. The molecule has 0 aliphatic carbocycles. The molecule has 0 radical (unpaired) electrons. The number of nitrogens with zero attached hydrogens (tertiary/aromatic N) is 2. The second-order valence-corrected chi connectivity index (χ2v) is 9.89. The molecule has 0 fully saturated rings. The van der Waals surface area contributed by atoms with Gasteiger partial charge in [0.1, 0.15) is 17.6 Å². The van der Waals surface area contributed by atoms with Crippen molar-refractivity contribution in [3.63, 3.8) is 0 Å². The van der Waals surface area contributed by atoms with Gasteiger partial charge >= 0.3 is 5.97 Å². The van der Waals surface area contributed by atoms with E-state index in [2.05, 4.69) is 4.99 Å². The summed E-state index contributed by atoms with van der Waals surface area (Å²) in [5.41, 5.74) is 1.95. The molecule has 1 aliphatic rings. The van der Waals surface area contributed by atoms with Crippen molar-refractivity contribution in [3.8, 4) is 11.3 Å².